The number of amides is 2. The van der Waals surface area contributed by atoms with Gasteiger partial charge in [-0.15, -0.1) is 0 Å². The van der Waals surface area contributed by atoms with E-state index in [4.69, 9.17) is 27.9 Å². The van der Waals surface area contributed by atoms with Gasteiger partial charge in [-0.3, -0.25) is 14.5 Å². The van der Waals surface area contributed by atoms with Gasteiger partial charge in [-0.2, -0.15) is 0 Å². The number of fused-ring (bicyclic) bond motifs is 1. The number of rotatable bonds is 5. The molecule has 0 bridgehead atoms. The number of ether oxygens (including phenoxy) is 1. The lowest BCUT2D eigenvalue weighted by molar-refractivity contribution is -0.137. The largest absolute Gasteiger partial charge is 0.383 e. The lowest BCUT2D eigenvalue weighted by Gasteiger charge is -2.21. The molecule has 0 spiro atoms. The molecule has 7 heteroatoms. The smallest absolute Gasteiger partial charge is 0.278 e. The molecule has 0 saturated carbocycles. The van der Waals surface area contributed by atoms with Crippen LogP contribution in [0, 0.1) is 0 Å². The van der Waals surface area contributed by atoms with Crippen molar-refractivity contribution in [2.75, 3.05) is 31.7 Å². The second-order valence-corrected chi connectivity index (χ2v) is 7.48. The maximum Gasteiger partial charge on any atom is 0.278 e. The van der Waals surface area contributed by atoms with Crippen molar-refractivity contribution in [1.82, 2.24) is 4.90 Å². The minimum atomic E-state index is -0.370. The average Bonchev–Trinajstić information content (AvgIpc) is 3.19. The van der Waals surface area contributed by atoms with E-state index < -0.39 is 0 Å². The molecule has 28 heavy (non-hydrogen) atoms. The monoisotopic (exact) mass is 416 g/mol. The van der Waals surface area contributed by atoms with Crippen LogP contribution in [-0.2, 0) is 20.7 Å². The molecule has 2 aliphatic heterocycles. The topological polar surface area (TPSA) is 49.9 Å². The fourth-order valence-corrected chi connectivity index (χ4v) is 4.21. The van der Waals surface area contributed by atoms with Gasteiger partial charge in [-0.1, -0.05) is 47.5 Å². The molecular weight excluding hydrogens is 399 g/mol. The fourth-order valence-electron chi connectivity index (χ4n) is 3.70. The van der Waals surface area contributed by atoms with Gasteiger partial charge in [0, 0.05) is 29.9 Å². The van der Waals surface area contributed by atoms with Gasteiger partial charge >= 0.3 is 0 Å². The number of carbonyl (C=O) groups excluding carboxylic acids is 2. The van der Waals surface area contributed by atoms with Crippen LogP contribution in [0.4, 0.5) is 5.69 Å². The van der Waals surface area contributed by atoms with Crippen molar-refractivity contribution in [3.05, 3.63) is 69.3 Å². The number of halogens is 2. The Bertz CT molecular complexity index is 1000. The van der Waals surface area contributed by atoms with Crippen LogP contribution in [0.1, 0.15) is 11.1 Å². The highest BCUT2D eigenvalue weighted by Gasteiger charge is 2.43. The first-order chi connectivity index (χ1) is 13.5. The number of benzene rings is 2. The molecule has 5 nitrogen and oxygen atoms in total. The molecule has 0 aromatic heterocycles. The third-order valence-corrected chi connectivity index (χ3v) is 5.57. The van der Waals surface area contributed by atoms with Gasteiger partial charge in [0.15, 0.2) is 0 Å². The number of hydrogen-bond donors (Lipinski definition) is 0. The van der Waals surface area contributed by atoms with Gasteiger partial charge in [0.1, 0.15) is 5.70 Å². The van der Waals surface area contributed by atoms with E-state index in [1.165, 1.54) is 12.0 Å². The Morgan fingerprint density at radius 1 is 1.07 bits per heavy atom. The second kappa shape index (κ2) is 7.59. The van der Waals surface area contributed by atoms with Crippen molar-refractivity contribution < 1.29 is 14.3 Å². The summed E-state index contributed by atoms with van der Waals surface area (Å²) in [6.45, 7) is 1.07. The molecule has 4 rings (SSSR count). The van der Waals surface area contributed by atoms with E-state index in [0.29, 0.717) is 33.4 Å². The number of nitrogens with zero attached hydrogens (tertiary/aromatic N) is 2. The summed E-state index contributed by atoms with van der Waals surface area (Å²) in [4.78, 5) is 29.6. The quantitative estimate of drug-likeness (QED) is 0.695. The average molecular weight is 417 g/mol. The standard InChI is InChI=1S/C21H18Cl2N2O3/c1-28-11-10-25-20(26)18(15-7-6-14(22)12-16(15)23)19(21(25)27)24-9-8-13-4-2-3-5-17(13)24/h2-7,12H,8-11H2,1H3. The fraction of sp³-hybridized carbons (Fsp3) is 0.238. The highest BCUT2D eigenvalue weighted by atomic mass is 35.5. The first kappa shape index (κ1) is 19.0. The molecule has 0 N–H and O–H groups in total. The van der Waals surface area contributed by atoms with Gasteiger partial charge in [-0.25, -0.2) is 0 Å². The second-order valence-electron chi connectivity index (χ2n) is 6.63. The molecule has 2 amide bonds. The van der Waals surface area contributed by atoms with E-state index in [1.807, 2.05) is 29.2 Å². The van der Waals surface area contributed by atoms with Gasteiger partial charge in [-0.05, 0) is 30.2 Å². The summed E-state index contributed by atoms with van der Waals surface area (Å²) in [7, 11) is 1.53. The first-order valence-electron chi connectivity index (χ1n) is 8.93. The van der Waals surface area contributed by atoms with Crippen LogP contribution in [-0.4, -0.2) is 43.5 Å². The van der Waals surface area contributed by atoms with Gasteiger partial charge in [0.25, 0.3) is 11.8 Å². The van der Waals surface area contributed by atoms with E-state index in [0.717, 1.165) is 17.7 Å². The SMILES string of the molecule is COCCN1C(=O)C(c2ccc(Cl)cc2Cl)=C(N2CCc3ccccc32)C1=O. The molecule has 2 aliphatic rings. The van der Waals surface area contributed by atoms with E-state index in [-0.39, 0.29) is 25.0 Å². The predicted octanol–water partition coefficient (Wildman–Crippen LogP) is 3.78. The molecule has 0 saturated heterocycles. The minimum absolute atomic E-state index is 0.182. The number of imide groups is 1. The summed E-state index contributed by atoms with van der Waals surface area (Å²) in [5.41, 5.74) is 3.25. The molecule has 0 radical (unpaired) electrons. The van der Waals surface area contributed by atoms with Crippen LogP contribution in [0.5, 0.6) is 0 Å². The molecule has 0 aliphatic carbocycles. The molecule has 0 atom stereocenters. The van der Waals surface area contributed by atoms with Gasteiger partial charge in [0.2, 0.25) is 0 Å². The molecular formula is C21H18Cl2N2O3. The molecule has 0 unspecified atom stereocenters. The Hall–Kier alpha value is -2.34. The highest BCUT2D eigenvalue weighted by molar-refractivity contribution is 6.41. The Labute approximate surface area is 173 Å². The summed E-state index contributed by atoms with van der Waals surface area (Å²) in [5, 5.41) is 0.803. The lowest BCUT2D eigenvalue weighted by Crippen LogP contribution is -2.37. The number of hydrogen-bond acceptors (Lipinski definition) is 4. The van der Waals surface area contributed by atoms with E-state index >= 15 is 0 Å². The number of para-hydroxylation sites is 1. The first-order valence-corrected chi connectivity index (χ1v) is 9.68. The van der Waals surface area contributed by atoms with Crippen molar-refractivity contribution in [2.24, 2.45) is 0 Å². The highest BCUT2D eigenvalue weighted by Crippen LogP contribution is 2.40. The van der Waals surface area contributed by atoms with Crippen molar-refractivity contribution >= 4 is 46.3 Å². The molecule has 2 aromatic rings. The van der Waals surface area contributed by atoms with Gasteiger partial charge in [0.05, 0.1) is 23.7 Å². The van der Waals surface area contributed by atoms with Crippen LogP contribution in [0.15, 0.2) is 48.2 Å². The Kier molecular flexibility index (Phi) is 5.15. The van der Waals surface area contributed by atoms with E-state index in [9.17, 15) is 9.59 Å². The molecule has 2 aromatic carbocycles. The number of methoxy groups -OCH3 is 1. The van der Waals surface area contributed by atoms with Crippen LogP contribution in [0.3, 0.4) is 0 Å². The van der Waals surface area contributed by atoms with Crippen molar-refractivity contribution in [3.63, 3.8) is 0 Å². The number of anilines is 1. The third kappa shape index (κ3) is 3.09. The summed E-state index contributed by atoms with van der Waals surface area (Å²) in [6, 6.07) is 12.8. The maximum absolute atomic E-state index is 13.3. The van der Waals surface area contributed by atoms with Gasteiger partial charge < -0.3 is 9.64 Å². The zero-order chi connectivity index (χ0) is 19.8. The van der Waals surface area contributed by atoms with Crippen molar-refractivity contribution in [1.29, 1.82) is 0 Å². The summed E-state index contributed by atoms with van der Waals surface area (Å²) in [6.07, 6.45) is 0.806. The van der Waals surface area contributed by atoms with Crippen LogP contribution >= 0.6 is 23.2 Å². The normalized spacial score (nSPS) is 16.4. The number of carbonyl (C=O) groups is 2. The Balaban J connectivity index is 1.87. The zero-order valence-corrected chi connectivity index (χ0v) is 16.8. The van der Waals surface area contributed by atoms with Crippen LogP contribution < -0.4 is 4.90 Å². The van der Waals surface area contributed by atoms with Crippen LogP contribution in [0.2, 0.25) is 10.0 Å². The van der Waals surface area contributed by atoms with Crippen LogP contribution in [0.25, 0.3) is 5.57 Å². The Morgan fingerprint density at radius 3 is 2.61 bits per heavy atom. The summed E-state index contributed by atoms with van der Waals surface area (Å²) in [5.74, 6) is -0.703. The van der Waals surface area contributed by atoms with Crippen molar-refractivity contribution in [2.45, 2.75) is 6.42 Å². The maximum atomic E-state index is 13.3. The molecule has 144 valence electrons. The summed E-state index contributed by atoms with van der Waals surface area (Å²) >= 11 is 12.4. The predicted molar refractivity (Wildman–Crippen MR) is 109 cm³/mol. The zero-order valence-electron chi connectivity index (χ0n) is 15.2. The van der Waals surface area contributed by atoms with E-state index in [2.05, 4.69) is 0 Å². The minimum Gasteiger partial charge on any atom is -0.383 e. The third-order valence-electron chi connectivity index (χ3n) is 5.02. The lowest BCUT2D eigenvalue weighted by atomic mass is 10.0. The summed E-state index contributed by atoms with van der Waals surface area (Å²) < 4.78 is 5.08. The van der Waals surface area contributed by atoms with E-state index in [1.54, 1.807) is 18.2 Å². The molecule has 0 fully saturated rings. The Morgan fingerprint density at radius 2 is 1.86 bits per heavy atom. The molecule has 2 heterocycles. The van der Waals surface area contributed by atoms with Crippen molar-refractivity contribution in [3.8, 4) is 0 Å².